The van der Waals surface area contributed by atoms with Crippen LogP contribution >= 0.6 is 0 Å². The molecule has 3 aliphatic carbocycles. The summed E-state index contributed by atoms with van der Waals surface area (Å²) in [6, 6.07) is 8.91. The van der Waals surface area contributed by atoms with E-state index in [1.165, 1.54) is 4.90 Å². The highest BCUT2D eigenvalue weighted by molar-refractivity contribution is 6.25. The number of ketones is 2. The monoisotopic (exact) mass is 606 g/mol. The number of para-hydroxylation sites is 1. The average Bonchev–Trinajstić information content (AvgIpc) is 2.94. The molecular weight excluding hydrogens is 572 g/mol. The minimum Gasteiger partial charge on any atom is -0.510 e. The van der Waals surface area contributed by atoms with Crippen LogP contribution in [0.25, 0.3) is 0 Å². The van der Waals surface area contributed by atoms with E-state index in [1.54, 1.807) is 69.5 Å². The van der Waals surface area contributed by atoms with E-state index in [4.69, 9.17) is 10.5 Å². The Hall–Kier alpha value is -4.88. The summed E-state index contributed by atoms with van der Waals surface area (Å²) >= 11 is 0. The number of anilines is 1. The number of nitrogens with one attached hydrogen (secondary N) is 1. The summed E-state index contributed by atoms with van der Waals surface area (Å²) in [6.07, 6.45) is -0.673. The number of phenols is 1. The first-order valence-corrected chi connectivity index (χ1v) is 13.9. The molecular formula is C31H34N4O9. The molecule has 232 valence electrons. The van der Waals surface area contributed by atoms with Crippen LogP contribution in [0.15, 0.2) is 59.1 Å². The van der Waals surface area contributed by atoms with E-state index >= 15 is 0 Å². The van der Waals surface area contributed by atoms with Crippen molar-refractivity contribution in [3.8, 4) is 11.5 Å². The van der Waals surface area contributed by atoms with E-state index < -0.39 is 69.9 Å². The number of aromatic hydroxyl groups is 1. The molecule has 0 radical (unpaired) electrons. The highest BCUT2D eigenvalue weighted by atomic mass is 16.6. The number of Topliss-reactive ketones (excluding diaryl/α,β-unsaturated/α-hetero) is 2. The predicted octanol–water partition coefficient (Wildman–Crippen LogP) is 1.48. The molecule has 7 N–H and O–H groups in total. The molecule has 44 heavy (non-hydrogen) atoms. The number of allylic oxidation sites excluding steroid dienone is 1. The molecule has 2 amide bonds. The number of primary amides is 1. The van der Waals surface area contributed by atoms with Gasteiger partial charge in [0, 0.05) is 43.4 Å². The average molecular weight is 607 g/mol. The van der Waals surface area contributed by atoms with Crippen LogP contribution < -0.4 is 20.7 Å². The second kappa shape index (κ2) is 11.0. The zero-order chi connectivity index (χ0) is 32.2. The predicted molar refractivity (Wildman–Crippen MR) is 157 cm³/mol. The Kier molecular flexibility index (Phi) is 7.64. The summed E-state index contributed by atoms with van der Waals surface area (Å²) in [4.78, 5) is 55.4. The van der Waals surface area contributed by atoms with Crippen LogP contribution in [0.3, 0.4) is 0 Å². The maximum absolute atomic E-state index is 14.1. The van der Waals surface area contributed by atoms with Crippen molar-refractivity contribution >= 4 is 29.3 Å². The second-order valence-electron chi connectivity index (χ2n) is 11.7. The fourth-order valence-electron chi connectivity index (χ4n) is 6.69. The Labute approximate surface area is 252 Å². The smallest absolute Gasteiger partial charge is 0.412 e. The third-order valence-electron chi connectivity index (χ3n) is 8.64. The number of carbonyl (C=O) groups excluding carboxylic acids is 4. The molecule has 1 unspecified atom stereocenters. The molecule has 0 aromatic heterocycles. The van der Waals surface area contributed by atoms with Gasteiger partial charge in [0.1, 0.15) is 28.6 Å². The largest absolute Gasteiger partial charge is 0.510 e. The number of fused-ring (bicyclic) bond motifs is 3. The fourth-order valence-corrected chi connectivity index (χ4v) is 6.69. The highest BCUT2D eigenvalue weighted by Gasteiger charge is 2.63. The maximum Gasteiger partial charge on any atom is 0.412 e. The number of hydrogen-bond acceptors (Lipinski definition) is 11. The molecule has 0 heterocycles. The number of amides is 2. The van der Waals surface area contributed by atoms with E-state index in [0.717, 1.165) is 0 Å². The van der Waals surface area contributed by atoms with Gasteiger partial charge in [0.2, 0.25) is 5.78 Å². The van der Waals surface area contributed by atoms with Crippen molar-refractivity contribution in [1.29, 1.82) is 0 Å². The Balaban J connectivity index is 1.58. The number of nitrogens with zero attached hydrogens (tertiary/aromatic N) is 2. The number of aliphatic hydroxyl groups is 3. The lowest BCUT2D eigenvalue weighted by Crippen LogP contribution is -2.63. The highest BCUT2D eigenvalue weighted by Crippen LogP contribution is 2.53. The zero-order valence-electron chi connectivity index (χ0n) is 24.6. The van der Waals surface area contributed by atoms with Gasteiger partial charge < -0.3 is 41.1 Å². The molecule has 0 saturated heterocycles. The lowest BCUT2D eigenvalue weighted by Gasteiger charge is -2.50. The minimum absolute atomic E-state index is 0.0198. The Morgan fingerprint density at radius 1 is 1.09 bits per heavy atom. The summed E-state index contributed by atoms with van der Waals surface area (Å²) in [5, 5.41) is 48.1. The number of phenolic OH excluding ortho intramolecular Hbond substituents is 1. The molecule has 0 spiro atoms. The molecule has 2 aromatic carbocycles. The minimum atomic E-state index is -2.73. The first kappa shape index (κ1) is 30.6. The van der Waals surface area contributed by atoms with Crippen LogP contribution in [0, 0.1) is 11.8 Å². The van der Waals surface area contributed by atoms with Crippen molar-refractivity contribution in [2.24, 2.45) is 17.6 Å². The van der Waals surface area contributed by atoms with Crippen molar-refractivity contribution in [3.63, 3.8) is 0 Å². The van der Waals surface area contributed by atoms with Crippen molar-refractivity contribution in [3.05, 3.63) is 75.8 Å². The van der Waals surface area contributed by atoms with Crippen LogP contribution in [-0.4, -0.2) is 88.7 Å². The normalized spacial score (nSPS) is 24.5. The van der Waals surface area contributed by atoms with Gasteiger partial charge in [-0.05, 0) is 56.6 Å². The van der Waals surface area contributed by atoms with Gasteiger partial charge >= 0.3 is 6.09 Å². The van der Waals surface area contributed by atoms with E-state index in [0.29, 0.717) is 17.0 Å². The summed E-state index contributed by atoms with van der Waals surface area (Å²) < 4.78 is 5.23. The molecule has 0 aliphatic heterocycles. The molecule has 0 fully saturated rings. The van der Waals surface area contributed by atoms with Gasteiger partial charge in [-0.1, -0.05) is 18.2 Å². The Morgan fingerprint density at radius 3 is 2.34 bits per heavy atom. The van der Waals surface area contributed by atoms with Crippen LogP contribution in [0.4, 0.5) is 10.5 Å². The summed E-state index contributed by atoms with van der Waals surface area (Å²) in [5.41, 5.74) is 2.60. The van der Waals surface area contributed by atoms with Crippen LogP contribution in [0.2, 0.25) is 0 Å². The lowest BCUT2D eigenvalue weighted by molar-refractivity contribution is -0.148. The second-order valence-corrected chi connectivity index (χ2v) is 11.7. The first-order chi connectivity index (χ1) is 20.7. The summed E-state index contributed by atoms with van der Waals surface area (Å²) in [5.74, 6) is -6.95. The molecule has 13 heteroatoms. The topological polar surface area (TPSA) is 203 Å². The third kappa shape index (κ3) is 4.64. The quantitative estimate of drug-likeness (QED) is 0.260. The van der Waals surface area contributed by atoms with Crippen molar-refractivity contribution < 1.29 is 44.3 Å². The number of rotatable bonds is 6. The number of hydrogen-bond donors (Lipinski definition) is 6. The van der Waals surface area contributed by atoms with Gasteiger partial charge in [0.25, 0.3) is 5.91 Å². The Bertz CT molecular complexity index is 1650. The van der Waals surface area contributed by atoms with Crippen molar-refractivity contribution in [1.82, 2.24) is 10.2 Å². The number of nitrogens with two attached hydrogens (primary N) is 1. The first-order valence-electron chi connectivity index (χ1n) is 13.9. The van der Waals surface area contributed by atoms with Gasteiger partial charge in [-0.3, -0.25) is 19.3 Å². The molecule has 13 nitrogen and oxygen atoms in total. The van der Waals surface area contributed by atoms with Gasteiger partial charge in [0.15, 0.2) is 11.4 Å². The SMILES string of the molecule is CN(C)c1cc(CNC(=O)Oc2ccccc2)c(O)c2c1C[C@@H]1C[C@@H]3C(N(C)C)C(O)=C(C(N)=O)C(=O)[C@]3(O)C(O)=C1C2=O. The summed E-state index contributed by atoms with van der Waals surface area (Å²) in [7, 11) is 6.63. The van der Waals surface area contributed by atoms with Gasteiger partial charge in [0.05, 0.1) is 11.6 Å². The molecule has 3 aliphatic rings. The standard InChI is InChI=1S/C31H34N4O9/c1-34(2)19-12-15(13-33-30(42)44-16-8-6-5-7-9-16)24(36)21-17(19)10-14-11-18-23(35(3)4)26(38)22(29(32)41)28(40)31(18,43)27(39)20(14)25(21)37/h5-9,12,14,18,23,36,38-39,43H,10-11,13H2,1-4H3,(H2,32,41)(H,33,42)/t14-,18-,23?,31-/m1/s1. The number of benzene rings is 2. The molecule has 5 rings (SSSR count). The number of aliphatic hydroxyl groups excluding tert-OH is 2. The molecule has 4 atom stereocenters. The maximum atomic E-state index is 14.1. The van der Waals surface area contributed by atoms with E-state index in [-0.39, 0.29) is 36.1 Å². The van der Waals surface area contributed by atoms with E-state index in [9.17, 15) is 39.6 Å². The van der Waals surface area contributed by atoms with Crippen LogP contribution in [0.5, 0.6) is 11.5 Å². The van der Waals surface area contributed by atoms with Gasteiger partial charge in [-0.15, -0.1) is 0 Å². The zero-order valence-corrected chi connectivity index (χ0v) is 24.6. The van der Waals surface area contributed by atoms with E-state index in [2.05, 4.69) is 5.32 Å². The molecule has 2 aromatic rings. The van der Waals surface area contributed by atoms with Crippen LogP contribution in [-0.2, 0) is 22.6 Å². The van der Waals surface area contributed by atoms with E-state index in [1.807, 2.05) is 0 Å². The molecule has 0 bridgehead atoms. The summed E-state index contributed by atoms with van der Waals surface area (Å²) in [6.45, 7) is -0.214. The number of carbonyl (C=O) groups is 4. The Morgan fingerprint density at radius 2 is 1.75 bits per heavy atom. The van der Waals surface area contributed by atoms with Crippen molar-refractivity contribution in [2.45, 2.75) is 31.0 Å². The molecule has 0 saturated carbocycles. The van der Waals surface area contributed by atoms with Gasteiger partial charge in [-0.25, -0.2) is 4.79 Å². The number of likely N-dealkylation sites (N-methyl/N-ethyl adjacent to an activating group) is 1. The lowest BCUT2D eigenvalue weighted by atomic mass is 9.58. The van der Waals surface area contributed by atoms with Gasteiger partial charge in [-0.2, -0.15) is 0 Å². The van der Waals surface area contributed by atoms with Crippen LogP contribution in [0.1, 0.15) is 27.9 Å². The fraction of sp³-hybridized carbons (Fsp3) is 0.355. The third-order valence-corrected chi connectivity index (χ3v) is 8.64. The van der Waals surface area contributed by atoms with Crippen molar-refractivity contribution in [2.75, 3.05) is 33.1 Å². The number of ether oxygens (including phenoxy) is 1.